The number of nitrogens with zero attached hydrogens (tertiary/aromatic N) is 3. The Hall–Kier alpha value is -4.08. The van der Waals surface area contributed by atoms with Crippen LogP contribution >= 0.6 is 0 Å². The summed E-state index contributed by atoms with van der Waals surface area (Å²) in [6.45, 7) is 1.80. The number of anilines is 1. The molecule has 32 heavy (non-hydrogen) atoms. The minimum Gasteiger partial charge on any atom is -0.454 e. The molecule has 0 saturated heterocycles. The summed E-state index contributed by atoms with van der Waals surface area (Å²) in [5, 5.41) is 6.80. The van der Waals surface area contributed by atoms with Crippen LogP contribution in [0.15, 0.2) is 76.1 Å². The fourth-order valence-electron chi connectivity index (χ4n) is 3.12. The number of nitrogens with one attached hydrogen (secondary N) is 1. The second kappa shape index (κ2) is 8.22. The number of pyridine rings is 1. The first-order valence-corrected chi connectivity index (χ1v) is 9.50. The van der Waals surface area contributed by atoms with Gasteiger partial charge in [-0.1, -0.05) is 12.1 Å². The smallest absolute Gasteiger partial charge is 0.416 e. The molecule has 0 aliphatic rings. The van der Waals surface area contributed by atoms with Crippen LogP contribution in [0, 0.1) is 6.92 Å². The summed E-state index contributed by atoms with van der Waals surface area (Å²) >= 11 is 0. The van der Waals surface area contributed by atoms with Gasteiger partial charge in [0, 0.05) is 18.3 Å². The number of benzene rings is 1. The van der Waals surface area contributed by atoms with Crippen LogP contribution < -0.4 is 10.9 Å². The lowest BCUT2D eigenvalue weighted by Crippen LogP contribution is -2.18. The first-order valence-electron chi connectivity index (χ1n) is 9.50. The highest BCUT2D eigenvalue weighted by Gasteiger charge is 2.30. The van der Waals surface area contributed by atoms with Crippen molar-refractivity contribution < 1.29 is 22.4 Å². The third kappa shape index (κ3) is 4.48. The number of hydrogen-bond acceptors (Lipinski definition) is 4. The Morgan fingerprint density at radius 1 is 1.09 bits per heavy atom. The highest BCUT2D eigenvalue weighted by Crippen LogP contribution is 2.31. The molecule has 4 aromatic rings. The van der Waals surface area contributed by atoms with Crippen molar-refractivity contribution in [2.75, 3.05) is 5.32 Å². The second-order valence-electron chi connectivity index (χ2n) is 7.02. The van der Waals surface area contributed by atoms with Gasteiger partial charge in [-0.15, -0.1) is 0 Å². The summed E-state index contributed by atoms with van der Waals surface area (Å²) in [4.78, 5) is 24.5. The molecule has 1 amide bonds. The van der Waals surface area contributed by atoms with Crippen LogP contribution in [0.1, 0.15) is 27.6 Å². The topological polar surface area (TPSA) is 82.1 Å². The van der Waals surface area contributed by atoms with Crippen molar-refractivity contribution in [2.45, 2.75) is 19.6 Å². The van der Waals surface area contributed by atoms with E-state index in [1.165, 1.54) is 39.6 Å². The Kier molecular flexibility index (Phi) is 5.43. The Morgan fingerprint density at radius 2 is 1.91 bits per heavy atom. The van der Waals surface area contributed by atoms with Crippen LogP contribution in [0.3, 0.4) is 0 Å². The zero-order chi connectivity index (χ0) is 22.9. The maximum atomic E-state index is 13.1. The van der Waals surface area contributed by atoms with Gasteiger partial charge in [0.25, 0.3) is 11.5 Å². The summed E-state index contributed by atoms with van der Waals surface area (Å²) in [5.41, 5.74) is -0.393. The van der Waals surface area contributed by atoms with Crippen molar-refractivity contribution in [2.24, 2.45) is 0 Å². The van der Waals surface area contributed by atoms with Crippen molar-refractivity contribution in [3.8, 4) is 5.69 Å². The lowest BCUT2D eigenvalue weighted by Gasteiger charge is -2.11. The summed E-state index contributed by atoms with van der Waals surface area (Å²) in [7, 11) is 0. The average Bonchev–Trinajstić information content (AvgIpc) is 3.36. The zero-order valence-corrected chi connectivity index (χ0v) is 16.8. The molecule has 0 fully saturated rings. The molecule has 7 nitrogen and oxygen atoms in total. The molecule has 10 heteroatoms. The minimum absolute atomic E-state index is 0.0153. The minimum atomic E-state index is -4.51. The van der Waals surface area contributed by atoms with E-state index in [-0.39, 0.29) is 29.4 Å². The molecule has 0 aliphatic heterocycles. The van der Waals surface area contributed by atoms with E-state index in [0.717, 1.165) is 12.1 Å². The summed E-state index contributed by atoms with van der Waals surface area (Å²) < 4.78 is 47.4. The number of alkyl halides is 3. The Labute approximate surface area is 179 Å². The van der Waals surface area contributed by atoms with Gasteiger partial charge >= 0.3 is 6.18 Å². The van der Waals surface area contributed by atoms with Gasteiger partial charge in [-0.25, -0.2) is 4.68 Å². The van der Waals surface area contributed by atoms with E-state index in [1.807, 2.05) is 0 Å². The number of furan rings is 1. The average molecular weight is 442 g/mol. The van der Waals surface area contributed by atoms with Crippen LogP contribution in [0.25, 0.3) is 5.69 Å². The number of amides is 1. The van der Waals surface area contributed by atoms with E-state index >= 15 is 0 Å². The molecule has 1 aromatic carbocycles. The molecular weight excluding hydrogens is 425 g/mol. The van der Waals surface area contributed by atoms with Gasteiger partial charge in [0.1, 0.15) is 11.6 Å². The van der Waals surface area contributed by atoms with Gasteiger partial charge < -0.3 is 14.3 Å². The van der Waals surface area contributed by atoms with E-state index in [0.29, 0.717) is 11.5 Å². The normalized spacial score (nSPS) is 11.5. The largest absolute Gasteiger partial charge is 0.454 e. The molecule has 3 aromatic heterocycles. The van der Waals surface area contributed by atoms with Crippen LogP contribution in [-0.4, -0.2) is 20.3 Å². The Bertz CT molecular complexity index is 1330. The maximum absolute atomic E-state index is 13.1. The molecule has 0 bridgehead atoms. The van der Waals surface area contributed by atoms with E-state index in [2.05, 4.69) is 10.4 Å². The first-order chi connectivity index (χ1) is 15.2. The zero-order valence-electron chi connectivity index (χ0n) is 16.8. The third-order valence-electron chi connectivity index (χ3n) is 4.60. The molecular formula is C22H17F3N4O3. The highest BCUT2D eigenvalue weighted by atomic mass is 19.4. The standard InChI is InChI=1S/C22H17F3N4O3/c1-14-11-19(29(27-14)16-6-4-5-15(12-16)22(23,24)25)26-21(31)18-9-8-17(32-18)13-28-10-3-2-7-20(28)30/h2-12H,13H2,1H3,(H,26,31). The fourth-order valence-corrected chi connectivity index (χ4v) is 3.12. The van der Waals surface area contributed by atoms with E-state index in [1.54, 1.807) is 31.3 Å². The van der Waals surface area contributed by atoms with Crippen LogP contribution in [0.2, 0.25) is 0 Å². The second-order valence-corrected chi connectivity index (χ2v) is 7.02. The van der Waals surface area contributed by atoms with E-state index in [9.17, 15) is 22.8 Å². The molecule has 1 N–H and O–H groups in total. The number of aryl methyl sites for hydroxylation is 1. The quantitative estimate of drug-likeness (QED) is 0.501. The molecule has 0 radical (unpaired) electrons. The Balaban J connectivity index is 1.56. The van der Waals surface area contributed by atoms with Gasteiger partial charge in [-0.3, -0.25) is 9.59 Å². The SMILES string of the molecule is Cc1cc(NC(=O)c2ccc(Cn3ccccc3=O)o2)n(-c2cccc(C(F)(F)F)c2)n1. The summed E-state index contributed by atoms with van der Waals surface area (Å²) in [6, 6.07) is 13.9. The summed E-state index contributed by atoms with van der Waals surface area (Å²) in [5.74, 6) is -0.0433. The predicted octanol–water partition coefficient (Wildman–Crippen LogP) is 4.25. The van der Waals surface area contributed by atoms with Crippen LogP contribution in [0.5, 0.6) is 0 Å². The van der Waals surface area contributed by atoms with Crippen molar-refractivity contribution in [1.29, 1.82) is 0 Å². The summed E-state index contributed by atoms with van der Waals surface area (Å²) in [6.07, 6.45) is -2.91. The van der Waals surface area contributed by atoms with Gasteiger partial charge in [-0.2, -0.15) is 18.3 Å². The molecule has 0 atom stereocenters. The number of aromatic nitrogens is 3. The molecule has 4 rings (SSSR count). The predicted molar refractivity (Wildman–Crippen MR) is 110 cm³/mol. The van der Waals surface area contributed by atoms with Gasteiger partial charge in [0.2, 0.25) is 0 Å². The number of hydrogen-bond donors (Lipinski definition) is 1. The number of rotatable bonds is 5. The fraction of sp³-hybridized carbons (Fsp3) is 0.136. The Morgan fingerprint density at radius 3 is 2.66 bits per heavy atom. The van der Waals surface area contributed by atoms with Gasteiger partial charge in [-0.05, 0) is 43.3 Å². The molecule has 0 saturated carbocycles. The molecule has 164 valence electrons. The van der Waals surface area contributed by atoms with Crippen molar-refractivity contribution in [3.05, 3.63) is 100.0 Å². The van der Waals surface area contributed by atoms with Gasteiger partial charge in [0.05, 0.1) is 23.5 Å². The molecule has 0 spiro atoms. The number of halogens is 3. The van der Waals surface area contributed by atoms with E-state index < -0.39 is 17.6 Å². The van der Waals surface area contributed by atoms with Crippen LogP contribution in [-0.2, 0) is 12.7 Å². The number of carbonyl (C=O) groups is 1. The highest BCUT2D eigenvalue weighted by molar-refractivity contribution is 6.02. The maximum Gasteiger partial charge on any atom is 0.416 e. The molecule has 0 unspecified atom stereocenters. The van der Waals surface area contributed by atoms with Gasteiger partial charge in [0.15, 0.2) is 5.76 Å². The first kappa shape index (κ1) is 21.2. The van der Waals surface area contributed by atoms with Crippen molar-refractivity contribution >= 4 is 11.7 Å². The van der Waals surface area contributed by atoms with Crippen molar-refractivity contribution in [3.63, 3.8) is 0 Å². The monoisotopic (exact) mass is 442 g/mol. The molecule has 3 heterocycles. The van der Waals surface area contributed by atoms with E-state index in [4.69, 9.17) is 4.42 Å². The van der Waals surface area contributed by atoms with Crippen LogP contribution in [0.4, 0.5) is 19.0 Å². The van der Waals surface area contributed by atoms with Crippen molar-refractivity contribution in [1.82, 2.24) is 14.3 Å². The molecule has 0 aliphatic carbocycles. The third-order valence-corrected chi connectivity index (χ3v) is 4.60. The lowest BCUT2D eigenvalue weighted by atomic mass is 10.2. The lowest BCUT2D eigenvalue weighted by molar-refractivity contribution is -0.137. The number of carbonyl (C=O) groups excluding carboxylic acids is 1.